The summed E-state index contributed by atoms with van der Waals surface area (Å²) in [6.45, 7) is 11.4. The maximum absolute atomic E-state index is 12.3. The molecule has 0 aliphatic carbocycles. The number of aliphatic imine (C=N–C) groups is 1. The third-order valence-corrected chi connectivity index (χ3v) is 5.01. The number of nitrogens with one attached hydrogen (secondary N) is 2. The largest absolute Gasteiger partial charge is 0.352 e. The normalized spacial score (nSPS) is 21.2. The van der Waals surface area contributed by atoms with E-state index < -0.39 is 0 Å². The second-order valence-corrected chi connectivity index (χ2v) is 7.73. The molecule has 1 saturated heterocycles. The third kappa shape index (κ3) is 7.31. The lowest BCUT2D eigenvalue weighted by Gasteiger charge is -2.37. The van der Waals surface area contributed by atoms with Crippen LogP contribution in [0.1, 0.15) is 56.5 Å². The van der Waals surface area contributed by atoms with E-state index in [4.69, 9.17) is 0 Å². The fraction of sp³-hybridized carbons (Fsp3) is 0.619. The van der Waals surface area contributed by atoms with E-state index in [0.717, 1.165) is 31.0 Å². The van der Waals surface area contributed by atoms with Gasteiger partial charge < -0.3 is 15.5 Å². The molecule has 6 heteroatoms. The highest BCUT2D eigenvalue weighted by Crippen LogP contribution is 2.21. The Kier molecular flexibility index (Phi) is 10.1. The zero-order valence-corrected chi connectivity index (χ0v) is 19.6. The Morgan fingerprint density at radius 3 is 2.56 bits per heavy atom. The topological polar surface area (TPSA) is 56.7 Å². The summed E-state index contributed by atoms with van der Waals surface area (Å²) in [7, 11) is 1.84. The van der Waals surface area contributed by atoms with Crippen LogP contribution in [0.4, 0.5) is 0 Å². The van der Waals surface area contributed by atoms with E-state index in [0.29, 0.717) is 23.9 Å². The number of benzene rings is 1. The lowest BCUT2D eigenvalue weighted by Crippen LogP contribution is -2.48. The van der Waals surface area contributed by atoms with E-state index >= 15 is 0 Å². The quantitative estimate of drug-likeness (QED) is 0.377. The molecule has 5 nitrogen and oxygen atoms in total. The fourth-order valence-corrected chi connectivity index (χ4v) is 3.58. The van der Waals surface area contributed by atoms with Gasteiger partial charge in [-0.25, -0.2) is 0 Å². The lowest BCUT2D eigenvalue weighted by atomic mass is 9.92. The first-order valence-electron chi connectivity index (χ1n) is 9.78. The van der Waals surface area contributed by atoms with Crippen LogP contribution >= 0.6 is 24.0 Å². The average molecular weight is 486 g/mol. The van der Waals surface area contributed by atoms with Crippen molar-refractivity contribution in [1.29, 1.82) is 0 Å². The molecule has 2 N–H and O–H groups in total. The van der Waals surface area contributed by atoms with Gasteiger partial charge in [0.15, 0.2) is 5.96 Å². The highest BCUT2D eigenvalue weighted by Gasteiger charge is 2.23. The highest BCUT2D eigenvalue weighted by molar-refractivity contribution is 14.0. The molecule has 0 radical (unpaired) electrons. The molecular formula is C21H35IN4O. The van der Waals surface area contributed by atoms with Gasteiger partial charge in [0.05, 0.1) is 0 Å². The molecule has 2 rings (SSSR count). The molecule has 0 spiro atoms. The Morgan fingerprint density at radius 1 is 1.30 bits per heavy atom. The number of likely N-dealkylation sites (tertiary alicyclic amines) is 1. The number of piperidine rings is 1. The van der Waals surface area contributed by atoms with Gasteiger partial charge in [0.2, 0.25) is 0 Å². The van der Waals surface area contributed by atoms with Crippen molar-refractivity contribution in [3.8, 4) is 0 Å². The number of hydrogen-bond donors (Lipinski definition) is 2. The number of halogens is 1. The summed E-state index contributed by atoms with van der Waals surface area (Å²) >= 11 is 0. The van der Waals surface area contributed by atoms with Crippen molar-refractivity contribution in [2.24, 2.45) is 16.8 Å². The zero-order chi connectivity index (χ0) is 19.1. The summed E-state index contributed by atoms with van der Waals surface area (Å²) in [5.74, 6) is 2.30. The molecule has 1 fully saturated rings. The number of carbonyl (C=O) groups excluding carboxylic acids is 1. The van der Waals surface area contributed by atoms with Crippen molar-refractivity contribution < 1.29 is 4.79 Å². The van der Waals surface area contributed by atoms with E-state index in [-0.39, 0.29) is 35.9 Å². The summed E-state index contributed by atoms with van der Waals surface area (Å²) in [5, 5.41) is 6.48. The molecule has 0 saturated carbocycles. The van der Waals surface area contributed by atoms with Crippen molar-refractivity contribution in [3.63, 3.8) is 0 Å². The van der Waals surface area contributed by atoms with Gasteiger partial charge >= 0.3 is 0 Å². The smallest absolute Gasteiger partial charge is 0.251 e. The second kappa shape index (κ2) is 11.5. The Balaban J connectivity index is 0.00000364. The van der Waals surface area contributed by atoms with Crippen LogP contribution in [0.5, 0.6) is 0 Å². The van der Waals surface area contributed by atoms with Gasteiger partial charge in [-0.2, -0.15) is 0 Å². The first kappa shape index (κ1) is 23.7. The number of guanidine groups is 1. The van der Waals surface area contributed by atoms with Gasteiger partial charge in [-0.05, 0) is 49.3 Å². The monoisotopic (exact) mass is 486 g/mol. The molecule has 1 aromatic carbocycles. The van der Waals surface area contributed by atoms with E-state index in [9.17, 15) is 4.79 Å². The van der Waals surface area contributed by atoms with Crippen LogP contribution in [0.2, 0.25) is 0 Å². The SMILES string of the molecule is CCC(C)NC(=O)c1cccc(CNC(=NC)N2CC(C)CC(C)C2)c1.I. The Bertz CT molecular complexity index is 624. The first-order valence-corrected chi connectivity index (χ1v) is 9.78. The third-order valence-electron chi connectivity index (χ3n) is 5.01. The Labute approximate surface area is 181 Å². The summed E-state index contributed by atoms with van der Waals surface area (Å²) in [6.07, 6.45) is 2.21. The Morgan fingerprint density at radius 2 is 1.96 bits per heavy atom. The number of amides is 1. The van der Waals surface area contributed by atoms with E-state index in [2.05, 4.69) is 41.3 Å². The molecule has 1 aliphatic rings. The summed E-state index contributed by atoms with van der Waals surface area (Å²) < 4.78 is 0. The number of carbonyl (C=O) groups is 1. The van der Waals surface area contributed by atoms with E-state index in [1.165, 1.54) is 6.42 Å². The minimum Gasteiger partial charge on any atom is -0.352 e. The summed E-state index contributed by atoms with van der Waals surface area (Å²) in [5.41, 5.74) is 1.79. The molecule has 1 aromatic rings. The van der Waals surface area contributed by atoms with Crippen LogP contribution in [0.3, 0.4) is 0 Å². The lowest BCUT2D eigenvalue weighted by molar-refractivity contribution is 0.0939. The second-order valence-electron chi connectivity index (χ2n) is 7.73. The molecule has 3 unspecified atom stereocenters. The Hall–Kier alpha value is -1.31. The number of rotatable bonds is 5. The van der Waals surface area contributed by atoms with Gasteiger partial charge in [0.1, 0.15) is 0 Å². The summed E-state index contributed by atoms with van der Waals surface area (Å²) in [4.78, 5) is 19.1. The maximum atomic E-state index is 12.3. The van der Waals surface area contributed by atoms with Crippen molar-refractivity contribution in [1.82, 2.24) is 15.5 Å². The minimum absolute atomic E-state index is 0. The molecular weight excluding hydrogens is 451 g/mol. The number of nitrogens with zero attached hydrogens (tertiary/aromatic N) is 2. The van der Waals surface area contributed by atoms with Crippen LogP contribution < -0.4 is 10.6 Å². The van der Waals surface area contributed by atoms with Crippen molar-refractivity contribution in [3.05, 3.63) is 35.4 Å². The van der Waals surface area contributed by atoms with Gasteiger partial charge in [0.25, 0.3) is 5.91 Å². The predicted molar refractivity (Wildman–Crippen MR) is 124 cm³/mol. The van der Waals surface area contributed by atoms with Gasteiger partial charge in [-0.1, -0.05) is 32.9 Å². The predicted octanol–water partition coefficient (Wildman–Crippen LogP) is 3.89. The molecule has 3 atom stereocenters. The van der Waals surface area contributed by atoms with Crippen LogP contribution in [0, 0.1) is 11.8 Å². The standard InChI is InChI=1S/C21H34N4O.HI/c1-6-17(4)24-20(26)19-9-7-8-18(11-19)12-23-21(22-5)25-13-15(2)10-16(3)14-25;/h7-9,11,15-17H,6,10,12-14H2,1-5H3,(H,22,23)(H,24,26);1H. The molecule has 0 aromatic heterocycles. The van der Waals surface area contributed by atoms with Crippen LogP contribution in [-0.2, 0) is 6.54 Å². The summed E-state index contributed by atoms with van der Waals surface area (Å²) in [6, 6.07) is 7.99. The molecule has 1 heterocycles. The first-order chi connectivity index (χ1) is 12.4. The minimum atomic E-state index is -0.00994. The van der Waals surface area contributed by atoms with Crippen LogP contribution in [0.25, 0.3) is 0 Å². The molecule has 27 heavy (non-hydrogen) atoms. The number of hydrogen-bond acceptors (Lipinski definition) is 2. The fourth-order valence-electron chi connectivity index (χ4n) is 3.58. The maximum Gasteiger partial charge on any atom is 0.251 e. The van der Waals surface area contributed by atoms with Crippen molar-refractivity contribution >= 4 is 35.8 Å². The van der Waals surface area contributed by atoms with Crippen LogP contribution in [0.15, 0.2) is 29.3 Å². The van der Waals surface area contributed by atoms with Gasteiger partial charge in [-0.3, -0.25) is 9.79 Å². The van der Waals surface area contributed by atoms with Gasteiger partial charge in [-0.15, -0.1) is 24.0 Å². The average Bonchev–Trinajstić information content (AvgIpc) is 2.61. The molecule has 152 valence electrons. The molecule has 1 amide bonds. The van der Waals surface area contributed by atoms with Gasteiger partial charge in [0, 0.05) is 38.3 Å². The zero-order valence-electron chi connectivity index (χ0n) is 17.3. The molecule has 0 bridgehead atoms. The van der Waals surface area contributed by atoms with E-state index in [1.54, 1.807) is 0 Å². The van der Waals surface area contributed by atoms with Crippen molar-refractivity contribution in [2.75, 3.05) is 20.1 Å². The van der Waals surface area contributed by atoms with Crippen molar-refractivity contribution in [2.45, 2.75) is 53.1 Å². The van der Waals surface area contributed by atoms with Crippen LogP contribution in [-0.4, -0.2) is 42.9 Å². The van der Waals surface area contributed by atoms with E-state index in [1.807, 2.05) is 38.2 Å². The highest BCUT2D eigenvalue weighted by atomic mass is 127. The molecule has 1 aliphatic heterocycles.